The van der Waals surface area contributed by atoms with Gasteiger partial charge in [-0.05, 0) is 18.8 Å². The van der Waals surface area contributed by atoms with E-state index in [1.54, 1.807) is 0 Å². The second kappa shape index (κ2) is 4.57. The predicted octanol–water partition coefficient (Wildman–Crippen LogP) is 2.67. The zero-order chi connectivity index (χ0) is 13.4. The quantitative estimate of drug-likeness (QED) is 0.907. The standard InChI is InChI=1S/C12H18F2N2O2/c1-8-4-3-5-12(17,6-8)7-9-15-10(16-18-9)11(2,13)14/h8,17H,3-7H2,1-2H3/t8-,12-/m0/s1. The molecular formula is C12H18F2N2O2. The van der Waals surface area contributed by atoms with Gasteiger partial charge in [-0.25, -0.2) is 0 Å². The largest absolute Gasteiger partial charge is 0.389 e. The van der Waals surface area contributed by atoms with Gasteiger partial charge in [0, 0.05) is 6.92 Å². The fourth-order valence-electron chi connectivity index (χ4n) is 2.58. The summed E-state index contributed by atoms with van der Waals surface area (Å²) in [6, 6.07) is 0. The van der Waals surface area contributed by atoms with E-state index in [0.29, 0.717) is 18.8 Å². The molecule has 1 aromatic rings. The van der Waals surface area contributed by atoms with Crippen LogP contribution in [0.25, 0.3) is 0 Å². The van der Waals surface area contributed by atoms with Crippen molar-refractivity contribution in [3.05, 3.63) is 11.7 Å². The van der Waals surface area contributed by atoms with Crippen molar-refractivity contribution in [2.75, 3.05) is 0 Å². The highest BCUT2D eigenvalue weighted by molar-refractivity contribution is 4.98. The van der Waals surface area contributed by atoms with E-state index in [9.17, 15) is 13.9 Å². The van der Waals surface area contributed by atoms with Crippen molar-refractivity contribution < 1.29 is 18.4 Å². The van der Waals surface area contributed by atoms with Crippen molar-refractivity contribution in [2.24, 2.45) is 5.92 Å². The number of alkyl halides is 2. The summed E-state index contributed by atoms with van der Waals surface area (Å²) < 4.78 is 30.7. The molecule has 2 rings (SSSR count). The number of aliphatic hydroxyl groups is 1. The van der Waals surface area contributed by atoms with E-state index in [-0.39, 0.29) is 12.3 Å². The molecule has 102 valence electrons. The maximum absolute atomic E-state index is 13.0. The first kappa shape index (κ1) is 13.4. The average molecular weight is 260 g/mol. The van der Waals surface area contributed by atoms with Gasteiger partial charge in [-0.3, -0.25) is 0 Å². The number of halogens is 2. The van der Waals surface area contributed by atoms with Crippen molar-refractivity contribution in [1.82, 2.24) is 10.1 Å². The minimum Gasteiger partial charge on any atom is -0.389 e. The first-order valence-corrected chi connectivity index (χ1v) is 6.22. The Hall–Kier alpha value is -1.04. The molecule has 1 N–H and O–H groups in total. The molecule has 0 radical (unpaired) electrons. The zero-order valence-corrected chi connectivity index (χ0v) is 10.6. The smallest absolute Gasteiger partial charge is 0.307 e. The molecule has 1 saturated carbocycles. The van der Waals surface area contributed by atoms with E-state index in [1.165, 1.54) is 0 Å². The molecule has 0 unspecified atom stereocenters. The fraction of sp³-hybridized carbons (Fsp3) is 0.833. The molecule has 4 nitrogen and oxygen atoms in total. The van der Waals surface area contributed by atoms with Gasteiger partial charge in [-0.15, -0.1) is 0 Å². The van der Waals surface area contributed by atoms with Gasteiger partial charge in [0.1, 0.15) is 0 Å². The van der Waals surface area contributed by atoms with Crippen LogP contribution < -0.4 is 0 Å². The van der Waals surface area contributed by atoms with Crippen LogP contribution in [0.2, 0.25) is 0 Å². The van der Waals surface area contributed by atoms with Gasteiger partial charge in [0.25, 0.3) is 0 Å². The minimum atomic E-state index is -3.11. The number of hydrogen-bond acceptors (Lipinski definition) is 4. The molecular weight excluding hydrogens is 242 g/mol. The Kier molecular flexibility index (Phi) is 3.40. The van der Waals surface area contributed by atoms with E-state index in [1.807, 2.05) is 0 Å². The molecule has 2 atom stereocenters. The first-order chi connectivity index (χ1) is 8.28. The highest BCUT2D eigenvalue weighted by Gasteiger charge is 2.36. The van der Waals surface area contributed by atoms with E-state index in [0.717, 1.165) is 19.8 Å². The first-order valence-electron chi connectivity index (χ1n) is 6.22. The summed E-state index contributed by atoms with van der Waals surface area (Å²) in [6.07, 6.45) is 3.47. The topological polar surface area (TPSA) is 59.2 Å². The maximum Gasteiger partial charge on any atom is 0.307 e. The van der Waals surface area contributed by atoms with Crippen LogP contribution in [-0.4, -0.2) is 20.8 Å². The lowest BCUT2D eigenvalue weighted by molar-refractivity contribution is -0.0180. The van der Waals surface area contributed by atoms with Crippen LogP contribution in [0.3, 0.4) is 0 Å². The van der Waals surface area contributed by atoms with Crippen LogP contribution >= 0.6 is 0 Å². The van der Waals surface area contributed by atoms with E-state index in [2.05, 4.69) is 17.1 Å². The third-order valence-electron chi connectivity index (χ3n) is 3.41. The Morgan fingerprint density at radius 3 is 2.83 bits per heavy atom. The summed E-state index contributed by atoms with van der Waals surface area (Å²) in [7, 11) is 0. The monoisotopic (exact) mass is 260 g/mol. The number of aromatic nitrogens is 2. The number of nitrogens with zero attached hydrogens (tertiary/aromatic N) is 2. The summed E-state index contributed by atoms with van der Waals surface area (Å²) in [5, 5.41) is 13.6. The number of hydrogen-bond donors (Lipinski definition) is 1. The van der Waals surface area contributed by atoms with Crippen LogP contribution in [0, 0.1) is 5.92 Å². The number of rotatable bonds is 3. The van der Waals surface area contributed by atoms with Gasteiger partial charge in [0.05, 0.1) is 12.0 Å². The molecule has 0 amide bonds. The molecule has 1 aliphatic rings. The van der Waals surface area contributed by atoms with Crippen molar-refractivity contribution in [3.63, 3.8) is 0 Å². The Balaban J connectivity index is 2.07. The lowest BCUT2D eigenvalue weighted by Crippen LogP contribution is -2.36. The van der Waals surface area contributed by atoms with E-state index >= 15 is 0 Å². The Bertz CT molecular complexity index is 416. The van der Waals surface area contributed by atoms with Crippen LogP contribution in [-0.2, 0) is 12.3 Å². The van der Waals surface area contributed by atoms with Gasteiger partial charge in [0.15, 0.2) is 0 Å². The maximum atomic E-state index is 13.0. The third-order valence-corrected chi connectivity index (χ3v) is 3.41. The van der Waals surface area contributed by atoms with Crippen LogP contribution in [0.4, 0.5) is 8.78 Å². The lowest BCUT2D eigenvalue weighted by Gasteiger charge is -2.34. The van der Waals surface area contributed by atoms with Gasteiger partial charge < -0.3 is 9.63 Å². The molecule has 0 aliphatic heterocycles. The molecule has 1 heterocycles. The van der Waals surface area contributed by atoms with E-state index < -0.39 is 17.3 Å². The van der Waals surface area contributed by atoms with Crippen LogP contribution in [0.1, 0.15) is 51.2 Å². The summed E-state index contributed by atoms with van der Waals surface area (Å²) >= 11 is 0. The van der Waals surface area contributed by atoms with Crippen LogP contribution in [0.15, 0.2) is 4.52 Å². The van der Waals surface area contributed by atoms with Crippen molar-refractivity contribution in [2.45, 2.75) is 57.5 Å². The molecule has 0 bridgehead atoms. The Labute approximate surface area is 104 Å². The molecule has 1 aromatic heterocycles. The minimum absolute atomic E-state index is 0.0862. The third kappa shape index (κ3) is 3.04. The highest BCUT2D eigenvalue weighted by atomic mass is 19.3. The summed E-state index contributed by atoms with van der Waals surface area (Å²) in [6.45, 7) is 2.79. The zero-order valence-electron chi connectivity index (χ0n) is 10.6. The second-order valence-corrected chi connectivity index (χ2v) is 5.50. The molecule has 18 heavy (non-hydrogen) atoms. The van der Waals surface area contributed by atoms with Crippen molar-refractivity contribution in [1.29, 1.82) is 0 Å². The molecule has 0 aromatic carbocycles. The second-order valence-electron chi connectivity index (χ2n) is 5.50. The summed E-state index contributed by atoms with van der Waals surface area (Å²) in [5.74, 6) is -3.21. The van der Waals surface area contributed by atoms with Crippen LogP contribution in [0.5, 0.6) is 0 Å². The summed E-state index contributed by atoms with van der Waals surface area (Å²) in [4.78, 5) is 3.66. The van der Waals surface area contributed by atoms with E-state index in [4.69, 9.17) is 4.52 Å². The summed E-state index contributed by atoms with van der Waals surface area (Å²) in [5.41, 5.74) is -0.898. The van der Waals surface area contributed by atoms with Crippen molar-refractivity contribution in [3.8, 4) is 0 Å². The molecule has 0 saturated heterocycles. The predicted molar refractivity (Wildman–Crippen MR) is 60.2 cm³/mol. The normalized spacial score (nSPS) is 29.5. The Morgan fingerprint density at radius 2 is 2.28 bits per heavy atom. The van der Waals surface area contributed by atoms with Gasteiger partial charge in [-0.2, -0.15) is 13.8 Å². The Morgan fingerprint density at radius 1 is 1.56 bits per heavy atom. The molecule has 1 aliphatic carbocycles. The van der Waals surface area contributed by atoms with Crippen molar-refractivity contribution >= 4 is 0 Å². The average Bonchev–Trinajstić information content (AvgIpc) is 2.64. The van der Waals surface area contributed by atoms with Gasteiger partial charge in [0.2, 0.25) is 11.7 Å². The lowest BCUT2D eigenvalue weighted by atomic mass is 9.77. The van der Waals surface area contributed by atoms with Gasteiger partial charge >= 0.3 is 5.92 Å². The highest BCUT2D eigenvalue weighted by Crippen LogP contribution is 2.34. The van der Waals surface area contributed by atoms with Gasteiger partial charge in [-0.1, -0.05) is 24.9 Å². The molecule has 0 spiro atoms. The SMILES string of the molecule is C[C@H]1CCC[C@@](O)(Cc2nc(C(C)(F)F)no2)C1. The molecule has 6 heteroatoms. The molecule has 1 fully saturated rings. The fourth-order valence-corrected chi connectivity index (χ4v) is 2.58.